The molecule has 1 N–H and O–H groups in total. The Morgan fingerprint density at radius 3 is 2.57 bits per heavy atom. The van der Waals surface area contributed by atoms with Crippen LogP contribution in [0.2, 0.25) is 0 Å². The maximum absolute atomic E-state index is 13.2. The van der Waals surface area contributed by atoms with E-state index in [1.165, 1.54) is 5.56 Å². The summed E-state index contributed by atoms with van der Waals surface area (Å²) in [6, 6.07) is 17.7. The number of carbonyl (C=O) groups excluding carboxylic acids is 1. The maximum atomic E-state index is 13.2. The Labute approximate surface area is 167 Å². The van der Waals surface area contributed by atoms with Crippen LogP contribution in [-0.2, 0) is 0 Å². The topological polar surface area (TPSA) is 53.0 Å². The van der Waals surface area contributed by atoms with E-state index in [9.17, 15) is 9.90 Å². The lowest BCUT2D eigenvalue weighted by molar-refractivity contribution is 0.0574. The van der Waals surface area contributed by atoms with Crippen molar-refractivity contribution in [3.63, 3.8) is 0 Å². The third-order valence-electron chi connectivity index (χ3n) is 5.40. The molecule has 0 aliphatic carbocycles. The third-order valence-corrected chi connectivity index (χ3v) is 5.40. The Morgan fingerprint density at radius 2 is 1.86 bits per heavy atom. The van der Waals surface area contributed by atoms with Gasteiger partial charge in [-0.05, 0) is 44.1 Å². The Hall–Kier alpha value is -2.37. The van der Waals surface area contributed by atoms with E-state index >= 15 is 0 Å². The zero-order valence-corrected chi connectivity index (χ0v) is 16.8. The van der Waals surface area contributed by atoms with Crippen LogP contribution in [0.15, 0.2) is 54.6 Å². The van der Waals surface area contributed by atoms with Crippen molar-refractivity contribution in [2.45, 2.75) is 12.3 Å². The lowest BCUT2D eigenvalue weighted by Crippen LogP contribution is -2.44. The number of likely N-dealkylation sites (N-methyl/N-ethyl adjacent to an activating group) is 1. The summed E-state index contributed by atoms with van der Waals surface area (Å²) in [6.45, 7) is 2.64. The molecule has 0 saturated carbocycles. The normalized spacial score (nSPS) is 19.6. The molecule has 2 aromatic rings. The standard InChI is InChI=1S/C23H30N2O3/c1-24(2)14-15-28-22-11-7-6-10-21(22)23(27)25-13-12-20(19(16-25)17-26)18-8-4-3-5-9-18/h3-11,19-20,26H,12-17H2,1-2H3/t19-,20+/m1/s1. The molecule has 1 aliphatic rings. The van der Waals surface area contributed by atoms with E-state index in [-0.39, 0.29) is 24.3 Å². The van der Waals surface area contributed by atoms with Crippen LogP contribution in [0.25, 0.3) is 0 Å². The maximum Gasteiger partial charge on any atom is 0.257 e. The second kappa shape index (κ2) is 9.71. The molecule has 0 unspecified atom stereocenters. The molecule has 3 rings (SSSR count). The molecule has 28 heavy (non-hydrogen) atoms. The molecule has 1 heterocycles. The first-order valence-electron chi connectivity index (χ1n) is 9.91. The first kappa shape index (κ1) is 20.4. The Kier molecular flexibility index (Phi) is 7.06. The van der Waals surface area contributed by atoms with Crippen molar-refractivity contribution in [3.8, 4) is 5.75 Å². The zero-order chi connectivity index (χ0) is 19.9. The van der Waals surface area contributed by atoms with E-state index in [2.05, 4.69) is 12.1 Å². The molecule has 1 fully saturated rings. The smallest absolute Gasteiger partial charge is 0.257 e. The van der Waals surface area contributed by atoms with Gasteiger partial charge in [-0.15, -0.1) is 0 Å². The average Bonchev–Trinajstić information content (AvgIpc) is 2.73. The van der Waals surface area contributed by atoms with Gasteiger partial charge in [-0.3, -0.25) is 4.79 Å². The van der Waals surface area contributed by atoms with Gasteiger partial charge in [-0.1, -0.05) is 42.5 Å². The highest BCUT2D eigenvalue weighted by Gasteiger charge is 2.33. The monoisotopic (exact) mass is 382 g/mol. The summed E-state index contributed by atoms with van der Waals surface area (Å²) < 4.78 is 5.86. The fraction of sp³-hybridized carbons (Fsp3) is 0.435. The van der Waals surface area contributed by atoms with Crippen LogP contribution in [0, 0.1) is 5.92 Å². The van der Waals surface area contributed by atoms with Crippen molar-refractivity contribution < 1.29 is 14.6 Å². The predicted molar refractivity (Wildman–Crippen MR) is 111 cm³/mol. The largest absolute Gasteiger partial charge is 0.491 e. The highest BCUT2D eigenvalue weighted by Crippen LogP contribution is 2.34. The number of likely N-dealkylation sites (tertiary alicyclic amines) is 1. The van der Waals surface area contributed by atoms with E-state index in [0.717, 1.165) is 13.0 Å². The Morgan fingerprint density at radius 1 is 1.14 bits per heavy atom. The number of hydrogen-bond acceptors (Lipinski definition) is 4. The molecule has 5 nitrogen and oxygen atoms in total. The van der Waals surface area contributed by atoms with Crippen molar-refractivity contribution in [1.82, 2.24) is 9.80 Å². The van der Waals surface area contributed by atoms with Gasteiger partial charge in [0, 0.05) is 32.2 Å². The summed E-state index contributed by atoms with van der Waals surface area (Å²) in [5.74, 6) is 0.925. The number of rotatable bonds is 7. The van der Waals surface area contributed by atoms with Crippen LogP contribution < -0.4 is 4.74 Å². The van der Waals surface area contributed by atoms with Crippen molar-refractivity contribution in [1.29, 1.82) is 0 Å². The molecule has 0 spiro atoms. The van der Waals surface area contributed by atoms with E-state index < -0.39 is 0 Å². The number of carbonyl (C=O) groups is 1. The number of hydrogen-bond donors (Lipinski definition) is 1. The van der Waals surface area contributed by atoms with Crippen LogP contribution in [-0.4, -0.2) is 67.8 Å². The van der Waals surface area contributed by atoms with Gasteiger partial charge in [-0.2, -0.15) is 0 Å². The second-order valence-electron chi connectivity index (χ2n) is 7.65. The molecular formula is C23H30N2O3. The number of amides is 1. The molecule has 0 radical (unpaired) electrons. The lowest BCUT2D eigenvalue weighted by atomic mass is 9.80. The van der Waals surface area contributed by atoms with Crippen LogP contribution in [0.5, 0.6) is 5.75 Å². The molecule has 5 heteroatoms. The zero-order valence-electron chi connectivity index (χ0n) is 16.8. The van der Waals surface area contributed by atoms with Gasteiger partial charge in [0.2, 0.25) is 0 Å². The van der Waals surface area contributed by atoms with Gasteiger partial charge in [-0.25, -0.2) is 0 Å². The first-order valence-corrected chi connectivity index (χ1v) is 9.91. The van der Waals surface area contributed by atoms with Gasteiger partial charge in [0.25, 0.3) is 5.91 Å². The van der Waals surface area contributed by atoms with Crippen molar-refractivity contribution in [3.05, 3.63) is 65.7 Å². The molecule has 150 valence electrons. The van der Waals surface area contributed by atoms with Gasteiger partial charge in [0.05, 0.1) is 5.56 Å². The minimum Gasteiger partial charge on any atom is -0.491 e. The molecule has 2 aromatic carbocycles. The summed E-state index contributed by atoms with van der Waals surface area (Å²) in [6.07, 6.45) is 0.852. The van der Waals surface area contributed by atoms with Gasteiger partial charge >= 0.3 is 0 Å². The average molecular weight is 383 g/mol. The summed E-state index contributed by atoms with van der Waals surface area (Å²) in [7, 11) is 3.98. The minimum atomic E-state index is -0.0228. The van der Waals surface area contributed by atoms with Crippen molar-refractivity contribution in [2.24, 2.45) is 5.92 Å². The summed E-state index contributed by atoms with van der Waals surface area (Å²) >= 11 is 0. The quantitative estimate of drug-likeness (QED) is 0.800. The van der Waals surface area contributed by atoms with E-state index in [1.807, 2.05) is 66.4 Å². The highest BCUT2D eigenvalue weighted by molar-refractivity contribution is 5.97. The van der Waals surface area contributed by atoms with Crippen LogP contribution in [0.3, 0.4) is 0 Å². The number of nitrogens with zero attached hydrogens (tertiary/aromatic N) is 2. The Balaban J connectivity index is 1.70. The van der Waals surface area contributed by atoms with E-state index in [4.69, 9.17) is 4.74 Å². The lowest BCUT2D eigenvalue weighted by Gasteiger charge is -2.38. The third kappa shape index (κ3) is 4.91. The summed E-state index contributed by atoms with van der Waals surface area (Å²) in [4.78, 5) is 17.1. The van der Waals surface area contributed by atoms with Crippen LogP contribution in [0.4, 0.5) is 0 Å². The fourth-order valence-corrected chi connectivity index (χ4v) is 3.82. The number of aliphatic hydroxyl groups excluding tert-OH is 1. The SMILES string of the molecule is CN(C)CCOc1ccccc1C(=O)N1CC[C@@H](c2ccccc2)[C@@H](CO)C1. The molecule has 0 aromatic heterocycles. The summed E-state index contributed by atoms with van der Waals surface area (Å²) in [5, 5.41) is 9.95. The number of piperidine rings is 1. The van der Waals surface area contributed by atoms with E-state index in [0.29, 0.717) is 31.0 Å². The van der Waals surface area contributed by atoms with E-state index in [1.54, 1.807) is 0 Å². The van der Waals surface area contributed by atoms with Gasteiger partial charge < -0.3 is 19.6 Å². The van der Waals surface area contributed by atoms with Gasteiger partial charge in [0.15, 0.2) is 0 Å². The second-order valence-corrected chi connectivity index (χ2v) is 7.65. The number of ether oxygens (including phenoxy) is 1. The molecular weight excluding hydrogens is 352 g/mol. The highest BCUT2D eigenvalue weighted by atomic mass is 16.5. The van der Waals surface area contributed by atoms with Crippen LogP contribution >= 0.6 is 0 Å². The van der Waals surface area contributed by atoms with Crippen LogP contribution in [0.1, 0.15) is 28.3 Å². The molecule has 1 aliphatic heterocycles. The molecule has 0 bridgehead atoms. The molecule has 2 atom stereocenters. The van der Waals surface area contributed by atoms with Crippen molar-refractivity contribution >= 4 is 5.91 Å². The Bertz CT molecular complexity index is 763. The summed E-state index contributed by atoms with van der Waals surface area (Å²) in [5.41, 5.74) is 1.83. The predicted octanol–water partition coefficient (Wildman–Crippen LogP) is 2.87. The first-order chi connectivity index (χ1) is 13.6. The molecule has 1 saturated heterocycles. The fourth-order valence-electron chi connectivity index (χ4n) is 3.82. The number of para-hydroxylation sites is 1. The van der Waals surface area contributed by atoms with Crippen molar-refractivity contribution in [2.75, 3.05) is 46.9 Å². The number of aliphatic hydroxyl groups is 1. The number of benzene rings is 2. The van der Waals surface area contributed by atoms with Gasteiger partial charge in [0.1, 0.15) is 12.4 Å². The minimum absolute atomic E-state index is 0.0228. The molecule has 1 amide bonds.